The van der Waals surface area contributed by atoms with Gasteiger partial charge in [0.25, 0.3) is 5.91 Å². The number of ether oxygens (including phenoxy) is 3. The Morgan fingerprint density at radius 2 is 1.58 bits per heavy atom. The van der Waals surface area contributed by atoms with Crippen molar-refractivity contribution in [1.82, 2.24) is 15.1 Å². The van der Waals surface area contributed by atoms with E-state index in [2.05, 4.69) is 10.4 Å². The third-order valence-corrected chi connectivity index (χ3v) is 7.07. The molecule has 0 saturated heterocycles. The molecule has 1 fully saturated rings. The zero-order valence-corrected chi connectivity index (χ0v) is 21.3. The van der Waals surface area contributed by atoms with Crippen molar-refractivity contribution in [1.29, 1.82) is 0 Å². The number of methoxy groups -OCH3 is 3. The smallest absolute Gasteiger partial charge is 0.358 e. The number of carbonyl (C=O) groups is 3. The molecule has 0 spiro atoms. The molecule has 1 aliphatic carbocycles. The molecule has 1 N–H and O–H groups in total. The first-order chi connectivity index (χ1) is 17.3. The molecule has 2 aliphatic rings. The molecule has 2 amide bonds. The molecule has 0 bridgehead atoms. The Balaban J connectivity index is 1.77. The standard InChI is InChI=1S/C26H34N4O6/c1-26(25(33)27-17-10-8-6-5-7-9-11-17)16-29-22(15-21(28-29)24(32)36-4)23(31)30(26)18-12-19(34-2)14-20(13-18)35-3/h12-15,17H,5-11,16H2,1-4H3,(H,27,33)/t26-/m1/s1. The van der Waals surface area contributed by atoms with E-state index in [1.165, 1.54) is 43.4 Å². The third kappa shape index (κ3) is 4.89. The quantitative estimate of drug-likeness (QED) is 0.608. The number of nitrogens with one attached hydrogen (secondary N) is 1. The fourth-order valence-corrected chi connectivity index (χ4v) is 5.05. The van der Waals surface area contributed by atoms with Crippen molar-refractivity contribution in [2.24, 2.45) is 0 Å². The van der Waals surface area contributed by atoms with Gasteiger partial charge in [0.15, 0.2) is 5.69 Å². The van der Waals surface area contributed by atoms with Crippen LogP contribution in [0.15, 0.2) is 24.3 Å². The number of esters is 1. The van der Waals surface area contributed by atoms with Gasteiger partial charge in [-0.2, -0.15) is 5.10 Å². The van der Waals surface area contributed by atoms with Gasteiger partial charge in [-0.15, -0.1) is 0 Å². The summed E-state index contributed by atoms with van der Waals surface area (Å²) >= 11 is 0. The maximum atomic E-state index is 13.9. The van der Waals surface area contributed by atoms with Crippen LogP contribution in [-0.2, 0) is 16.1 Å². The predicted octanol–water partition coefficient (Wildman–Crippen LogP) is 3.34. The van der Waals surface area contributed by atoms with E-state index < -0.39 is 17.4 Å². The van der Waals surface area contributed by atoms with Gasteiger partial charge in [-0.05, 0) is 19.8 Å². The average molecular weight is 499 g/mol. The molecule has 36 heavy (non-hydrogen) atoms. The van der Waals surface area contributed by atoms with E-state index in [1.807, 2.05) is 0 Å². The Kier molecular flexibility index (Phi) is 7.51. The first-order valence-electron chi connectivity index (χ1n) is 12.4. The Bertz CT molecular complexity index is 1120. The van der Waals surface area contributed by atoms with Gasteiger partial charge in [-0.3, -0.25) is 19.2 Å². The van der Waals surface area contributed by atoms with Gasteiger partial charge in [0, 0.05) is 30.3 Å². The maximum Gasteiger partial charge on any atom is 0.358 e. The lowest BCUT2D eigenvalue weighted by Crippen LogP contribution is -2.65. The van der Waals surface area contributed by atoms with Gasteiger partial charge in [-0.25, -0.2) is 4.79 Å². The molecule has 194 valence electrons. The molecule has 10 heteroatoms. The van der Waals surface area contributed by atoms with E-state index in [1.54, 1.807) is 25.1 Å². The molecule has 1 aliphatic heterocycles. The molecule has 4 rings (SSSR count). The second kappa shape index (κ2) is 10.6. The van der Waals surface area contributed by atoms with Crippen LogP contribution in [0.4, 0.5) is 5.69 Å². The van der Waals surface area contributed by atoms with Crippen molar-refractivity contribution >= 4 is 23.5 Å². The van der Waals surface area contributed by atoms with E-state index in [4.69, 9.17) is 14.2 Å². The minimum Gasteiger partial charge on any atom is -0.497 e. The molecular weight excluding hydrogens is 464 g/mol. The zero-order chi connectivity index (χ0) is 25.9. The van der Waals surface area contributed by atoms with Crippen LogP contribution in [0.1, 0.15) is 72.8 Å². The third-order valence-electron chi connectivity index (χ3n) is 7.07. The van der Waals surface area contributed by atoms with Crippen LogP contribution in [0.2, 0.25) is 0 Å². The lowest BCUT2D eigenvalue weighted by Gasteiger charge is -2.44. The predicted molar refractivity (Wildman–Crippen MR) is 133 cm³/mol. The summed E-state index contributed by atoms with van der Waals surface area (Å²) in [5, 5.41) is 7.50. The van der Waals surface area contributed by atoms with Crippen molar-refractivity contribution in [3.63, 3.8) is 0 Å². The van der Waals surface area contributed by atoms with Crippen molar-refractivity contribution in [3.8, 4) is 11.5 Å². The second-order valence-electron chi connectivity index (χ2n) is 9.56. The van der Waals surface area contributed by atoms with Crippen molar-refractivity contribution in [2.45, 2.75) is 70.0 Å². The van der Waals surface area contributed by atoms with Crippen LogP contribution in [0, 0.1) is 0 Å². The number of nitrogens with zero attached hydrogens (tertiary/aromatic N) is 3. The summed E-state index contributed by atoms with van der Waals surface area (Å²) in [6.45, 7) is 1.78. The summed E-state index contributed by atoms with van der Waals surface area (Å²) in [5.74, 6) is -0.429. The van der Waals surface area contributed by atoms with Gasteiger partial charge >= 0.3 is 5.97 Å². The van der Waals surface area contributed by atoms with Gasteiger partial charge in [0.1, 0.15) is 22.7 Å². The second-order valence-corrected chi connectivity index (χ2v) is 9.56. The Hall–Kier alpha value is -3.56. The largest absolute Gasteiger partial charge is 0.497 e. The molecule has 10 nitrogen and oxygen atoms in total. The minimum absolute atomic E-state index is 0.00805. The van der Waals surface area contributed by atoms with E-state index >= 15 is 0 Å². The highest BCUT2D eigenvalue weighted by molar-refractivity contribution is 6.12. The zero-order valence-electron chi connectivity index (χ0n) is 21.3. The van der Waals surface area contributed by atoms with Crippen molar-refractivity contribution in [3.05, 3.63) is 35.7 Å². The number of amides is 2. The fourth-order valence-electron chi connectivity index (χ4n) is 5.05. The number of anilines is 1. The number of carbonyl (C=O) groups excluding carboxylic acids is 3. The lowest BCUT2D eigenvalue weighted by atomic mass is 9.91. The Labute approximate surface area is 210 Å². The van der Waals surface area contributed by atoms with Crippen LogP contribution >= 0.6 is 0 Å². The normalized spacial score (nSPS) is 20.7. The molecule has 2 heterocycles. The van der Waals surface area contributed by atoms with Crippen LogP contribution in [0.25, 0.3) is 0 Å². The van der Waals surface area contributed by atoms with Crippen molar-refractivity contribution in [2.75, 3.05) is 26.2 Å². The summed E-state index contributed by atoms with van der Waals surface area (Å²) in [6.07, 6.45) is 7.47. The highest BCUT2D eigenvalue weighted by atomic mass is 16.5. The average Bonchev–Trinajstić information content (AvgIpc) is 3.28. The minimum atomic E-state index is -1.33. The van der Waals surface area contributed by atoms with E-state index in [9.17, 15) is 14.4 Å². The fraction of sp³-hybridized carbons (Fsp3) is 0.538. The molecule has 1 aromatic heterocycles. The van der Waals surface area contributed by atoms with Crippen LogP contribution in [0.5, 0.6) is 11.5 Å². The molecule has 1 aromatic carbocycles. The van der Waals surface area contributed by atoms with Gasteiger partial charge in [0.2, 0.25) is 5.91 Å². The van der Waals surface area contributed by atoms with Gasteiger partial charge in [0.05, 0.1) is 33.6 Å². The SMILES string of the molecule is COC(=O)c1cc2n(n1)C[C@](C)(C(=O)NC1CCCCCCC1)N(c1cc(OC)cc(OC)c1)C2=O. The maximum absolute atomic E-state index is 13.9. The topological polar surface area (TPSA) is 112 Å². The Morgan fingerprint density at radius 3 is 2.17 bits per heavy atom. The summed E-state index contributed by atoms with van der Waals surface area (Å²) in [6, 6.07) is 6.51. The van der Waals surface area contributed by atoms with Crippen LogP contribution in [0.3, 0.4) is 0 Å². The molecular formula is C26H34N4O6. The van der Waals surface area contributed by atoms with E-state index in [0.717, 1.165) is 38.5 Å². The van der Waals surface area contributed by atoms with Gasteiger partial charge in [-0.1, -0.05) is 32.1 Å². The molecule has 0 unspecified atom stereocenters. The molecule has 0 radical (unpaired) electrons. The number of aromatic nitrogens is 2. The highest BCUT2D eigenvalue weighted by Gasteiger charge is 2.49. The van der Waals surface area contributed by atoms with Gasteiger partial charge < -0.3 is 19.5 Å². The summed E-state index contributed by atoms with van der Waals surface area (Å²) in [7, 11) is 4.30. The molecule has 1 saturated carbocycles. The summed E-state index contributed by atoms with van der Waals surface area (Å²) in [4.78, 5) is 41.4. The number of hydrogen-bond donors (Lipinski definition) is 1. The summed E-state index contributed by atoms with van der Waals surface area (Å²) < 4.78 is 17.1. The number of fused-ring (bicyclic) bond motifs is 1. The Morgan fingerprint density at radius 1 is 0.972 bits per heavy atom. The van der Waals surface area contributed by atoms with Crippen molar-refractivity contribution < 1.29 is 28.6 Å². The van der Waals surface area contributed by atoms with Crippen LogP contribution < -0.4 is 19.7 Å². The number of benzene rings is 1. The summed E-state index contributed by atoms with van der Waals surface area (Å²) in [5.41, 5.74) is -0.691. The molecule has 2 aromatic rings. The number of rotatable bonds is 6. The van der Waals surface area contributed by atoms with Crippen LogP contribution in [-0.4, -0.2) is 60.5 Å². The highest BCUT2D eigenvalue weighted by Crippen LogP contribution is 2.37. The first-order valence-corrected chi connectivity index (χ1v) is 12.4. The van der Waals surface area contributed by atoms with E-state index in [-0.39, 0.29) is 29.9 Å². The lowest BCUT2D eigenvalue weighted by molar-refractivity contribution is -0.127. The molecule has 1 atom stereocenters. The number of hydrogen-bond acceptors (Lipinski definition) is 7. The first kappa shape index (κ1) is 25.5. The van der Waals surface area contributed by atoms with E-state index in [0.29, 0.717) is 17.2 Å². The monoisotopic (exact) mass is 498 g/mol.